The maximum Gasteiger partial charge on any atom is 0.243 e. The van der Waals surface area contributed by atoms with Crippen molar-refractivity contribution in [3.8, 4) is 11.3 Å². The molecule has 2 aromatic carbocycles. The third-order valence-corrected chi connectivity index (χ3v) is 5.61. The predicted molar refractivity (Wildman–Crippen MR) is 130 cm³/mol. The van der Waals surface area contributed by atoms with Crippen LogP contribution in [0.4, 0.5) is 11.5 Å². The molecule has 2 aromatic heterocycles. The number of carbonyl (C=O) groups excluding carboxylic acids is 1. The second kappa shape index (κ2) is 10.6. The highest BCUT2D eigenvalue weighted by atomic mass is 16.5. The maximum atomic E-state index is 11.2. The van der Waals surface area contributed by atoms with E-state index in [0.29, 0.717) is 25.1 Å². The van der Waals surface area contributed by atoms with Crippen LogP contribution in [0.5, 0.6) is 0 Å². The zero-order valence-electron chi connectivity index (χ0n) is 18.4. The van der Waals surface area contributed by atoms with E-state index in [-0.39, 0.29) is 5.91 Å². The Labute approximate surface area is 192 Å². The molecule has 5 N–H and O–H groups in total. The second-order valence-corrected chi connectivity index (χ2v) is 7.95. The van der Waals surface area contributed by atoms with Gasteiger partial charge in [0.25, 0.3) is 0 Å². The van der Waals surface area contributed by atoms with Crippen LogP contribution in [0, 0.1) is 0 Å². The average molecular weight is 445 g/mol. The summed E-state index contributed by atoms with van der Waals surface area (Å²) in [5.41, 5.74) is 12.4. The molecule has 0 saturated heterocycles. The molecule has 0 spiro atoms. The van der Waals surface area contributed by atoms with Crippen LogP contribution >= 0.6 is 0 Å². The van der Waals surface area contributed by atoms with E-state index in [1.807, 2.05) is 42.5 Å². The van der Waals surface area contributed by atoms with Crippen LogP contribution in [0.1, 0.15) is 31.2 Å². The van der Waals surface area contributed by atoms with E-state index in [2.05, 4.69) is 38.1 Å². The van der Waals surface area contributed by atoms with E-state index >= 15 is 0 Å². The van der Waals surface area contributed by atoms with E-state index in [1.165, 1.54) is 5.56 Å². The monoisotopic (exact) mass is 444 g/mol. The molecule has 0 aliphatic carbocycles. The molecule has 4 rings (SSSR count). The molecule has 0 atom stereocenters. The third kappa shape index (κ3) is 5.48. The molecule has 170 valence electrons. The molecule has 8 nitrogen and oxygen atoms in total. The molecule has 0 aliphatic heterocycles. The lowest BCUT2D eigenvalue weighted by molar-refractivity contribution is -0.129. The van der Waals surface area contributed by atoms with Gasteiger partial charge in [-0.05, 0) is 42.2 Å². The number of anilines is 2. The number of fused-ring (bicyclic) bond motifs is 1. The lowest BCUT2D eigenvalue weighted by atomic mass is 10.1. The first-order chi connectivity index (χ1) is 16.2. The SMILES string of the molecule is Nc1ccc(-c2cc3c(NCc4ccccc4)ncnc3n2CCCCCC(=O)NO)cc1. The Morgan fingerprint density at radius 1 is 1.00 bits per heavy atom. The lowest BCUT2D eigenvalue weighted by Gasteiger charge is -2.11. The van der Waals surface area contributed by atoms with Gasteiger partial charge in [0, 0.05) is 25.2 Å². The minimum atomic E-state index is -0.356. The van der Waals surface area contributed by atoms with Crippen molar-refractivity contribution in [3.63, 3.8) is 0 Å². The van der Waals surface area contributed by atoms with Gasteiger partial charge in [0.05, 0.1) is 11.1 Å². The highest BCUT2D eigenvalue weighted by molar-refractivity contribution is 5.92. The van der Waals surface area contributed by atoms with Gasteiger partial charge in [0.1, 0.15) is 17.8 Å². The van der Waals surface area contributed by atoms with Crippen LogP contribution in [0.25, 0.3) is 22.3 Å². The number of hydroxylamine groups is 1. The normalized spacial score (nSPS) is 10.9. The lowest BCUT2D eigenvalue weighted by Crippen LogP contribution is -2.17. The summed E-state index contributed by atoms with van der Waals surface area (Å²) in [4.78, 5) is 20.3. The zero-order chi connectivity index (χ0) is 23.0. The van der Waals surface area contributed by atoms with E-state index < -0.39 is 0 Å². The number of nitrogens with zero attached hydrogens (tertiary/aromatic N) is 3. The number of nitrogen functional groups attached to an aromatic ring is 1. The van der Waals surface area contributed by atoms with Gasteiger partial charge in [-0.3, -0.25) is 10.0 Å². The number of aryl methyl sites for hydroxylation is 1. The van der Waals surface area contributed by atoms with E-state index in [4.69, 9.17) is 10.9 Å². The number of aromatic nitrogens is 3. The molecule has 0 bridgehead atoms. The molecule has 0 fully saturated rings. The van der Waals surface area contributed by atoms with Crippen molar-refractivity contribution in [2.75, 3.05) is 11.1 Å². The smallest absolute Gasteiger partial charge is 0.243 e. The number of unbranched alkanes of at least 4 members (excludes halogenated alkanes) is 2. The van der Waals surface area contributed by atoms with Gasteiger partial charge in [0.2, 0.25) is 5.91 Å². The van der Waals surface area contributed by atoms with Crippen molar-refractivity contribution >= 4 is 28.4 Å². The summed E-state index contributed by atoms with van der Waals surface area (Å²) in [6, 6.07) is 20.1. The van der Waals surface area contributed by atoms with Gasteiger partial charge in [-0.1, -0.05) is 48.9 Å². The van der Waals surface area contributed by atoms with Crippen LogP contribution in [-0.4, -0.2) is 25.6 Å². The molecular weight excluding hydrogens is 416 g/mol. The number of nitrogens with one attached hydrogen (secondary N) is 2. The number of carbonyl (C=O) groups is 1. The predicted octanol–water partition coefficient (Wildman–Crippen LogP) is 4.36. The molecule has 2 heterocycles. The van der Waals surface area contributed by atoms with E-state index in [1.54, 1.807) is 11.8 Å². The van der Waals surface area contributed by atoms with Crippen LogP contribution in [0.15, 0.2) is 67.0 Å². The van der Waals surface area contributed by atoms with Crippen LogP contribution in [0.3, 0.4) is 0 Å². The summed E-state index contributed by atoms with van der Waals surface area (Å²) >= 11 is 0. The third-order valence-electron chi connectivity index (χ3n) is 5.61. The van der Waals surface area contributed by atoms with Gasteiger partial charge in [-0.2, -0.15) is 0 Å². The molecule has 33 heavy (non-hydrogen) atoms. The Balaban J connectivity index is 1.61. The van der Waals surface area contributed by atoms with Crippen molar-refractivity contribution in [3.05, 3.63) is 72.6 Å². The van der Waals surface area contributed by atoms with Crippen LogP contribution in [-0.2, 0) is 17.9 Å². The topological polar surface area (TPSA) is 118 Å². The Hall–Kier alpha value is -3.91. The largest absolute Gasteiger partial charge is 0.399 e. The fraction of sp³-hybridized carbons (Fsp3) is 0.240. The first-order valence-electron chi connectivity index (χ1n) is 11.1. The molecule has 0 unspecified atom stereocenters. The molecule has 0 radical (unpaired) electrons. The number of hydrogen-bond donors (Lipinski definition) is 4. The van der Waals surface area contributed by atoms with Gasteiger partial charge < -0.3 is 15.6 Å². The molecule has 8 heteroatoms. The first-order valence-corrected chi connectivity index (χ1v) is 11.1. The van der Waals surface area contributed by atoms with Crippen LogP contribution in [0.2, 0.25) is 0 Å². The molecule has 0 aliphatic rings. The van der Waals surface area contributed by atoms with Crippen molar-refractivity contribution in [2.45, 2.75) is 38.8 Å². The van der Waals surface area contributed by atoms with Crippen LogP contribution < -0.4 is 16.5 Å². The Morgan fingerprint density at radius 3 is 2.55 bits per heavy atom. The summed E-state index contributed by atoms with van der Waals surface area (Å²) in [5.74, 6) is 0.435. The maximum absolute atomic E-state index is 11.2. The summed E-state index contributed by atoms with van der Waals surface area (Å²) in [5, 5.41) is 13.1. The Kier molecular flexibility index (Phi) is 7.16. The number of nitrogens with two attached hydrogens (primary N) is 1. The fourth-order valence-electron chi connectivity index (χ4n) is 3.89. The highest BCUT2D eigenvalue weighted by Crippen LogP contribution is 2.31. The van der Waals surface area contributed by atoms with Crippen molar-refractivity contribution < 1.29 is 10.0 Å². The van der Waals surface area contributed by atoms with Gasteiger partial charge in [0.15, 0.2) is 0 Å². The quantitative estimate of drug-likeness (QED) is 0.125. The van der Waals surface area contributed by atoms with Gasteiger partial charge >= 0.3 is 0 Å². The highest BCUT2D eigenvalue weighted by Gasteiger charge is 2.15. The summed E-state index contributed by atoms with van der Waals surface area (Å²) in [6.07, 6.45) is 4.34. The van der Waals surface area contributed by atoms with Crippen molar-refractivity contribution in [1.29, 1.82) is 0 Å². The van der Waals surface area contributed by atoms with E-state index in [9.17, 15) is 4.79 Å². The number of hydrogen-bond acceptors (Lipinski definition) is 6. The summed E-state index contributed by atoms with van der Waals surface area (Å²) < 4.78 is 2.20. The number of amides is 1. The fourth-order valence-corrected chi connectivity index (χ4v) is 3.89. The number of benzene rings is 2. The minimum Gasteiger partial charge on any atom is -0.399 e. The molecular formula is C25H28N6O2. The first kappa shape index (κ1) is 22.3. The number of rotatable bonds is 10. The Morgan fingerprint density at radius 2 is 1.79 bits per heavy atom. The zero-order valence-corrected chi connectivity index (χ0v) is 18.4. The standard InChI is InChI=1S/C25H28N6O2/c26-20-12-10-19(11-13-20)22-15-21-24(27-16-18-7-3-1-4-8-18)28-17-29-25(21)31(22)14-6-2-5-9-23(32)30-33/h1,3-4,7-8,10-13,15,17,33H,2,5-6,9,14,16,26H2,(H,30,32)(H,27,28,29). The average Bonchev–Trinajstić information content (AvgIpc) is 3.22. The second-order valence-electron chi connectivity index (χ2n) is 7.95. The van der Waals surface area contributed by atoms with Gasteiger partial charge in [-0.15, -0.1) is 0 Å². The van der Waals surface area contributed by atoms with Gasteiger partial charge in [-0.25, -0.2) is 15.4 Å². The Bertz CT molecular complexity index is 1210. The molecule has 1 amide bonds. The summed E-state index contributed by atoms with van der Waals surface area (Å²) in [7, 11) is 0. The van der Waals surface area contributed by atoms with E-state index in [0.717, 1.165) is 47.5 Å². The molecule has 4 aromatic rings. The van der Waals surface area contributed by atoms with Crippen molar-refractivity contribution in [1.82, 2.24) is 20.0 Å². The summed E-state index contributed by atoms with van der Waals surface area (Å²) in [6.45, 7) is 1.42. The minimum absolute atomic E-state index is 0.309. The van der Waals surface area contributed by atoms with Crippen molar-refractivity contribution in [2.24, 2.45) is 0 Å². The molecule has 0 saturated carbocycles.